The molecule has 0 aliphatic carbocycles. The number of fused-ring (bicyclic) bond motifs is 2. The highest BCUT2D eigenvalue weighted by Gasteiger charge is 2.19. The average molecular weight is 178 g/mol. The van der Waals surface area contributed by atoms with E-state index in [4.69, 9.17) is 9.47 Å². The molecule has 0 fully saturated rings. The van der Waals surface area contributed by atoms with Gasteiger partial charge < -0.3 is 14.8 Å². The Bertz CT molecular complexity index is 316. The summed E-state index contributed by atoms with van der Waals surface area (Å²) < 4.78 is 10.7. The molecule has 2 aliphatic rings. The molecule has 13 heavy (non-hydrogen) atoms. The Kier molecular flexibility index (Phi) is 1.46. The van der Waals surface area contributed by atoms with E-state index in [1.807, 2.05) is 0 Å². The molecule has 3 heteroatoms. The molecule has 2 heterocycles. The van der Waals surface area contributed by atoms with Crippen LogP contribution in [0.1, 0.15) is 11.1 Å². The smallest absolute Gasteiger partial charge is 0.231 e. The van der Waals surface area contributed by atoms with Crippen molar-refractivity contribution in [2.45, 2.75) is 13.0 Å². The highest BCUT2D eigenvalue weighted by molar-refractivity contribution is 5.48. The van der Waals surface area contributed by atoms with Crippen molar-refractivity contribution < 1.29 is 14.8 Å². The lowest BCUT2D eigenvalue weighted by Gasteiger charge is -2.14. The molecule has 68 valence electrons. The molecule has 1 aromatic carbocycles. The second kappa shape index (κ2) is 2.64. The summed E-state index contributed by atoms with van der Waals surface area (Å²) in [7, 11) is 0. The maximum Gasteiger partial charge on any atom is 0.231 e. The number of hydrogen-bond acceptors (Lipinski definition) is 2. The fourth-order valence-electron chi connectivity index (χ4n) is 1.96. The van der Waals surface area contributed by atoms with Gasteiger partial charge in [-0.25, -0.2) is 0 Å². The Morgan fingerprint density at radius 3 is 2.69 bits per heavy atom. The molecule has 0 bridgehead atoms. The number of ether oxygens (including phenoxy) is 2. The second-order valence-electron chi connectivity index (χ2n) is 3.51. The van der Waals surface area contributed by atoms with Crippen molar-refractivity contribution in [2.24, 2.45) is 0 Å². The Labute approximate surface area is 76.7 Å². The SMILES string of the molecule is c1c2c(cc3c1OCO3)C[NH2+]CC2. The molecule has 0 atom stereocenters. The Balaban J connectivity index is 2.11. The van der Waals surface area contributed by atoms with Crippen LogP contribution in [0.4, 0.5) is 0 Å². The molecule has 0 unspecified atom stereocenters. The topological polar surface area (TPSA) is 35.1 Å². The summed E-state index contributed by atoms with van der Waals surface area (Å²) in [5, 5.41) is 2.32. The molecular weight excluding hydrogens is 166 g/mol. The van der Waals surface area contributed by atoms with Crippen LogP contribution in [0.25, 0.3) is 0 Å². The largest absolute Gasteiger partial charge is 0.454 e. The zero-order valence-electron chi connectivity index (χ0n) is 7.38. The maximum atomic E-state index is 5.33. The summed E-state index contributed by atoms with van der Waals surface area (Å²) in [6.45, 7) is 2.64. The van der Waals surface area contributed by atoms with Crippen molar-refractivity contribution in [2.75, 3.05) is 13.3 Å². The number of hydrogen-bond donors (Lipinski definition) is 1. The van der Waals surface area contributed by atoms with Crippen molar-refractivity contribution in [1.82, 2.24) is 0 Å². The second-order valence-corrected chi connectivity index (χ2v) is 3.51. The van der Waals surface area contributed by atoms with Gasteiger partial charge in [-0.05, 0) is 17.7 Å². The van der Waals surface area contributed by atoms with Crippen LogP contribution in [0.5, 0.6) is 11.5 Å². The molecule has 2 aliphatic heterocycles. The van der Waals surface area contributed by atoms with Crippen LogP contribution >= 0.6 is 0 Å². The molecule has 3 nitrogen and oxygen atoms in total. The zero-order valence-corrected chi connectivity index (χ0v) is 7.38. The van der Waals surface area contributed by atoms with Crippen molar-refractivity contribution in [1.29, 1.82) is 0 Å². The molecule has 0 spiro atoms. The first-order chi connectivity index (χ1) is 6.43. The Hall–Kier alpha value is -1.22. The predicted octanol–water partition coefficient (Wildman–Crippen LogP) is 0.0348. The zero-order chi connectivity index (χ0) is 8.67. The lowest BCUT2D eigenvalue weighted by Crippen LogP contribution is -2.84. The molecule has 0 saturated heterocycles. The van der Waals surface area contributed by atoms with Gasteiger partial charge in [0.2, 0.25) is 6.79 Å². The van der Waals surface area contributed by atoms with E-state index in [1.54, 1.807) is 0 Å². The lowest BCUT2D eigenvalue weighted by atomic mass is 10.0. The normalized spacial score (nSPS) is 18.5. The molecular formula is C10H12NO2+. The van der Waals surface area contributed by atoms with E-state index in [1.165, 1.54) is 17.7 Å². The van der Waals surface area contributed by atoms with Crippen molar-refractivity contribution in [3.8, 4) is 11.5 Å². The number of rotatable bonds is 0. The van der Waals surface area contributed by atoms with Crippen LogP contribution in [0, 0.1) is 0 Å². The third-order valence-corrected chi connectivity index (χ3v) is 2.68. The standard InChI is InChI=1S/C10H11NO2/c1-2-11-5-8-4-10-9(3-7(1)8)12-6-13-10/h3-4,11H,1-2,5-6H2/p+1. The van der Waals surface area contributed by atoms with E-state index in [0.717, 1.165) is 24.5 Å². The third-order valence-electron chi connectivity index (χ3n) is 2.68. The van der Waals surface area contributed by atoms with Crippen molar-refractivity contribution in [3.05, 3.63) is 23.3 Å². The van der Waals surface area contributed by atoms with Crippen LogP contribution < -0.4 is 14.8 Å². The molecule has 2 N–H and O–H groups in total. The van der Waals surface area contributed by atoms with Gasteiger partial charge >= 0.3 is 0 Å². The van der Waals surface area contributed by atoms with Gasteiger partial charge in [-0.1, -0.05) is 0 Å². The Morgan fingerprint density at radius 2 is 1.85 bits per heavy atom. The fourth-order valence-corrected chi connectivity index (χ4v) is 1.96. The fraction of sp³-hybridized carbons (Fsp3) is 0.400. The van der Waals surface area contributed by atoms with Gasteiger partial charge in [-0.2, -0.15) is 0 Å². The number of quaternary nitrogens is 1. The van der Waals surface area contributed by atoms with E-state index < -0.39 is 0 Å². The molecule has 0 saturated carbocycles. The molecule has 3 rings (SSSR count). The quantitative estimate of drug-likeness (QED) is 0.608. The van der Waals surface area contributed by atoms with Gasteiger partial charge in [0.1, 0.15) is 6.54 Å². The van der Waals surface area contributed by atoms with Crippen LogP contribution in [-0.4, -0.2) is 13.3 Å². The monoisotopic (exact) mass is 178 g/mol. The molecule has 0 aromatic heterocycles. The third kappa shape index (κ3) is 1.08. The molecule has 0 radical (unpaired) electrons. The molecule has 0 amide bonds. The lowest BCUT2D eigenvalue weighted by molar-refractivity contribution is -0.673. The highest BCUT2D eigenvalue weighted by atomic mass is 16.7. The van der Waals surface area contributed by atoms with Crippen molar-refractivity contribution in [3.63, 3.8) is 0 Å². The minimum Gasteiger partial charge on any atom is -0.454 e. The number of nitrogens with two attached hydrogens (primary N) is 1. The van der Waals surface area contributed by atoms with Crippen LogP contribution in [-0.2, 0) is 13.0 Å². The summed E-state index contributed by atoms with van der Waals surface area (Å²) in [6.07, 6.45) is 1.14. The summed E-state index contributed by atoms with van der Waals surface area (Å²) in [5.41, 5.74) is 2.82. The van der Waals surface area contributed by atoms with Crippen LogP contribution in [0.15, 0.2) is 12.1 Å². The van der Waals surface area contributed by atoms with Crippen LogP contribution in [0.2, 0.25) is 0 Å². The first-order valence-corrected chi connectivity index (χ1v) is 4.66. The van der Waals surface area contributed by atoms with E-state index >= 15 is 0 Å². The van der Waals surface area contributed by atoms with E-state index in [2.05, 4.69) is 17.4 Å². The summed E-state index contributed by atoms with van der Waals surface area (Å²) >= 11 is 0. The van der Waals surface area contributed by atoms with Gasteiger partial charge in [0.05, 0.1) is 6.54 Å². The Morgan fingerprint density at radius 1 is 1.08 bits per heavy atom. The van der Waals surface area contributed by atoms with Gasteiger partial charge in [0.25, 0.3) is 0 Å². The first-order valence-electron chi connectivity index (χ1n) is 4.66. The average Bonchev–Trinajstić information content (AvgIpc) is 2.61. The van der Waals surface area contributed by atoms with Gasteiger partial charge in [-0.15, -0.1) is 0 Å². The molecule has 1 aromatic rings. The van der Waals surface area contributed by atoms with Gasteiger partial charge in [0.15, 0.2) is 11.5 Å². The van der Waals surface area contributed by atoms with E-state index in [0.29, 0.717) is 6.79 Å². The summed E-state index contributed by atoms with van der Waals surface area (Å²) in [5.74, 6) is 1.83. The first kappa shape index (κ1) is 7.21. The minimum absolute atomic E-state index is 0.377. The minimum atomic E-state index is 0.377. The van der Waals surface area contributed by atoms with E-state index in [-0.39, 0.29) is 0 Å². The van der Waals surface area contributed by atoms with Crippen LogP contribution in [0.3, 0.4) is 0 Å². The maximum absolute atomic E-state index is 5.33. The summed E-state index contributed by atoms with van der Waals surface area (Å²) in [4.78, 5) is 0. The number of benzene rings is 1. The van der Waals surface area contributed by atoms with Gasteiger partial charge in [-0.3, -0.25) is 0 Å². The van der Waals surface area contributed by atoms with E-state index in [9.17, 15) is 0 Å². The predicted molar refractivity (Wildman–Crippen MR) is 46.8 cm³/mol. The van der Waals surface area contributed by atoms with Crippen molar-refractivity contribution >= 4 is 0 Å². The highest BCUT2D eigenvalue weighted by Crippen LogP contribution is 2.35. The summed E-state index contributed by atoms with van der Waals surface area (Å²) in [6, 6.07) is 4.25. The van der Waals surface area contributed by atoms with Gasteiger partial charge in [0, 0.05) is 12.0 Å².